The van der Waals surface area contributed by atoms with Gasteiger partial charge in [-0.1, -0.05) is 0 Å². The third-order valence-electron chi connectivity index (χ3n) is 2.74. The first-order valence-electron chi connectivity index (χ1n) is 5.18. The number of nitrogens with two attached hydrogens (primary N) is 1. The lowest BCUT2D eigenvalue weighted by atomic mass is 9.97. The van der Waals surface area contributed by atoms with Crippen molar-refractivity contribution in [3.05, 3.63) is 11.1 Å². The number of anilines is 1. The molecule has 1 atom stereocenters. The summed E-state index contributed by atoms with van der Waals surface area (Å²) in [7, 11) is 0. The van der Waals surface area contributed by atoms with Crippen LogP contribution in [0, 0.1) is 18.3 Å². The van der Waals surface area contributed by atoms with E-state index in [2.05, 4.69) is 15.3 Å². The summed E-state index contributed by atoms with van der Waals surface area (Å²) in [4.78, 5) is 6.70. The molecule has 0 amide bonds. The quantitative estimate of drug-likeness (QED) is 0.592. The molecule has 82 valence electrons. The molecule has 1 aliphatic heterocycles. The van der Waals surface area contributed by atoms with Gasteiger partial charge >= 0.3 is 0 Å². The van der Waals surface area contributed by atoms with Crippen LogP contribution in [0.5, 0.6) is 0 Å². The molecule has 1 aromatic heterocycles. The summed E-state index contributed by atoms with van der Waals surface area (Å²) in [5, 5.41) is 10.6. The monoisotopic (exact) mass is 224 g/mol. The predicted molar refractivity (Wildman–Crippen MR) is 63.7 cm³/mol. The van der Waals surface area contributed by atoms with Crippen LogP contribution in [0.2, 0.25) is 0 Å². The largest absolute Gasteiger partial charge is 0.387 e. The predicted octanol–water partition coefficient (Wildman–Crippen LogP) is 1.60. The topological polar surface area (TPSA) is 66.0 Å². The second-order valence-corrected chi connectivity index (χ2v) is 4.85. The van der Waals surface area contributed by atoms with Gasteiger partial charge in [0.1, 0.15) is 0 Å². The van der Waals surface area contributed by atoms with Crippen molar-refractivity contribution in [2.24, 2.45) is 11.7 Å². The summed E-state index contributed by atoms with van der Waals surface area (Å²) in [5.74, 6) is 0.524. The maximum atomic E-state index is 7.48. The Labute approximate surface area is 93.6 Å². The van der Waals surface area contributed by atoms with E-state index in [1.165, 1.54) is 0 Å². The molecule has 1 saturated heterocycles. The van der Waals surface area contributed by atoms with E-state index < -0.39 is 0 Å². The van der Waals surface area contributed by atoms with Crippen LogP contribution < -0.4 is 10.6 Å². The van der Waals surface area contributed by atoms with Crippen molar-refractivity contribution in [3.63, 3.8) is 0 Å². The highest BCUT2D eigenvalue weighted by Crippen LogP contribution is 2.25. The standard InChI is InChI=1S/C10H16N4S/c1-7-6-15-10(13-7)14-4-2-3-8(5-14)9(11)12/h6,8H,2-5H2,1H3,(H3,11,12). The van der Waals surface area contributed by atoms with Gasteiger partial charge in [0.05, 0.1) is 11.5 Å². The zero-order chi connectivity index (χ0) is 10.8. The number of aryl methyl sites for hydroxylation is 1. The number of rotatable bonds is 2. The van der Waals surface area contributed by atoms with Gasteiger partial charge in [-0.2, -0.15) is 0 Å². The minimum atomic E-state index is 0.211. The van der Waals surface area contributed by atoms with Gasteiger partial charge in [-0.3, -0.25) is 5.41 Å². The third kappa shape index (κ3) is 2.28. The fourth-order valence-corrected chi connectivity index (χ4v) is 2.73. The zero-order valence-electron chi connectivity index (χ0n) is 8.86. The smallest absolute Gasteiger partial charge is 0.185 e. The lowest BCUT2D eigenvalue weighted by Crippen LogP contribution is -2.40. The molecule has 4 nitrogen and oxygen atoms in total. The molecular weight excluding hydrogens is 208 g/mol. The van der Waals surface area contributed by atoms with Crippen LogP contribution in [0.15, 0.2) is 5.38 Å². The fraction of sp³-hybridized carbons (Fsp3) is 0.600. The second kappa shape index (κ2) is 4.18. The van der Waals surface area contributed by atoms with Crippen LogP contribution >= 0.6 is 11.3 Å². The van der Waals surface area contributed by atoms with E-state index in [0.717, 1.165) is 36.8 Å². The summed E-state index contributed by atoms with van der Waals surface area (Å²) in [5.41, 5.74) is 6.62. The molecule has 1 aromatic rings. The minimum Gasteiger partial charge on any atom is -0.387 e. The molecule has 0 aliphatic carbocycles. The summed E-state index contributed by atoms with van der Waals surface area (Å²) < 4.78 is 0. The van der Waals surface area contributed by atoms with Crippen LogP contribution in [-0.4, -0.2) is 23.9 Å². The average molecular weight is 224 g/mol. The first-order valence-corrected chi connectivity index (χ1v) is 6.06. The van der Waals surface area contributed by atoms with Gasteiger partial charge in [0.2, 0.25) is 0 Å². The Balaban J connectivity index is 2.07. The van der Waals surface area contributed by atoms with Gasteiger partial charge in [0, 0.05) is 24.4 Å². The molecule has 0 radical (unpaired) electrons. The number of amidine groups is 1. The Morgan fingerprint density at radius 2 is 2.53 bits per heavy atom. The highest BCUT2D eigenvalue weighted by molar-refractivity contribution is 7.13. The van der Waals surface area contributed by atoms with Crippen molar-refractivity contribution < 1.29 is 0 Å². The molecule has 0 aromatic carbocycles. The lowest BCUT2D eigenvalue weighted by Gasteiger charge is -2.31. The zero-order valence-corrected chi connectivity index (χ0v) is 9.68. The molecule has 2 rings (SSSR count). The van der Waals surface area contributed by atoms with Gasteiger partial charge in [0.15, 0.2) is 5.13 Å². The molecule has 1 fully saturated rings. The number of thiazole rings is 1. The number of piperidine rings is 1. The maximum absolute atomic E-state index is 7.48. The number of nitrogens with zero attached hydrogens (tertiary/aromatic N) is 2. The Morgan fingerprint density at radius 3 is 3.13 bits per heavy atom. The Hall–Kier alpha value is -1.10. The highest BCUT2D eigenvalue weighted by atomic mass is 32.1. The molecule has 15 heavy (non-hydrogen) atoms. The van der Waals surface area contributed by atoms with Crippen LogP contribution in [0.25, 0.3) is 0 Å². The van der Waals surface area contributed by atoms with Crippen LogP contribution in [-0.2, 0) is 0 Å². The normalized spacial score (nSPS) is 21.7. The highest BCUT2D eigenvalue weighted by Gasteiger charge is 2.23. The number of hydrogen-bond acceptors (Lipinski definition) is 4. The van der Waals surface area contributed by atoms with Crippen molar-refractivity contribution in [1.29, 1.82) is 5.41 Å². The molecule has 0 spiro atoms. The first-order chi connectivity index (χ1) is 7.16. The molecule has 1 aliphatic rings. The van der Waals surface area contributed by atoms with Crippen LogP contribution in [0.1, 0.15) is 18.5 Å². The maximum Gasteiger partial charge on any atom is 0.185 e. The molecule has 2 heterocycles. The van der Waals surface area contributed by atoms with Crippen molar-refractivity contribution in [2.45, 2.75) is 19.8 Å². The van der Waals surface area contributed by atoms with Crippen molar-refractivity contribution in [2.75, 3.05) is 18.0 Å². The van der Waals surface area contributed by atoms with Crippen molar-refractivity contribution >= 4 is 22.3 Å². The fourth-order valence-electron chi connectivity index (χ4n) is 1.89. The first kappa shape index (κ1) is 10.4. The van der Waals surface area contributed by atoms with Gasteiger partial charge < -0.3 is 10.6 Å². The van der Waals surface area contributed by atoms with Gasteiger partial charge in [-0.25, -0.2) is 4.98 Å². The third-order valence-corrected chi connectivity index (χ3v) is 3.76. The Kier molecular flexibility index (Phi) is 2.90. The minimum absolute atomic E-state index is 0.211. The number of hydrogen-bond donors (Lipinski definition) is 2. The van der Waals surface area contributed by atoms with Crippen molar-refractivity contribution in [3.8, 4) is 0 Å². The van der Waals surface area contributed by atoms with E-state index in [4.69, 9.17) is 11.1 Å². The Bertz CT molecular complexity index is 360. The van der Waals surface area contributed by atoms with E-state index >= 15 is 0 Å². The molecular formula is C10H16N4S. The van der Waals surface area contributed by atoms with E-state index in [0.29, 0.717) is 5.84 Å². The summed E-state index contributed by atoms with van der Waals surface area (Å²) in [6.07, 6.45) is 2.14. The summed E-state index contributed by atoms with van der Waals surface area (Å²) >= 11 is 1.67. The summed E-state index contributed by atoms with van der Waals surface area (Å²) in [6.45, 7) is 3.89. The molecule has 0 bridgehead atoms. The van der Waals surface area contributed by atoms with E-state index in [1.54, 1.807) is 11.3 Å². The average Bonchev–Trinajstić information content (AvgIpc) is 2.65. The van der Waals surface area contributed by atoms with E-state index in [-0.39, 0.29) is 5.92 Å². The van der Waals surface area contributed by atoms with E-state index in [9.17, 15) is 0 Å². The molecule has 0 saturated carbocycles. The number of nitrogens with one attached hydrogen (secondary N) is 1. The number of aromatic nitrogens is 1. The molecule has 3 N–H and O–H groups in total. The van der Waals surface area contributed by atoms with E-state index in [1.807, 2.05) is 6.92 Å². The summed E-state index contributed by atoms with van der Waals surface area (Å²) in [6, 6.07) is 0. The Morgan fingerprint density at radius 1 is 1.73 bits per heavy atom. The lowest BCUT2D eigenvalue weighted by molar-refractivity contribution is 0.502. The van der Waals surface area contributed by atoms with Gasteiger partial charge in [0.25, 0.3) is 0 Å². The molecule has 1 unspecified atom stereocenters. The second-order valence-electron chi connectivity index (χ2n) is 4.01. The van der Waals surface area contributed by atoms with Crippen LogP contribution in [0.3, 0.4) is 0 Å². The van der Waals surface area contributed by atoms with Crippen LogP contribution in [0.4, 0.5) is 5.13 Å². The SMILES string of the molecule is Cc1csc(N2CCCC(C(=N)N)C2)n1. The van der Waals surface area contributed by atoms with Gasteiger partial charge in [-0.05, 0) is 19.8 Å². The van der Waals surface area contributed by atoms with Gasteiger partial charge in [-0.15, -0.1) is 11.3 Å². The molecule has 5 heteroatoms. The van der Waals surface area contributed by atoms with Crippen molar-refractivity contribution in [1.82, 2.24) is 4.98 Å².